The van der Waals surface area contributed by atoms with Crippen LogP contribution in [-0.2, 0) is 6.42 Å². The van der Waals surface area contributed by atoms with Crippen molar-refractivity contribution in [3.63, 3.8) is 0 Å². The zero-order valence-electron chi connectivity index (χ0n) is 9.68. The SMILES string of the molecule is O=C(O)c1nn(-c2cc(F)ccc2F)cc1CCO. The molecule has 2 aromatic rings. The number of carboxylic acid groups (broad SMARTS) is 1. The minimum Gasteiger partial charge on any atom is -0.476 e. The van der Waals surface area contributed by atoms with Crippen LogP contribution < -0.4 is 0 Å². The van der Waals surface area contributed by atoms with Gasteiger partial charge < -0.3 is 10.2 Å². The molecular weight excluding hydrogens is 258 g/mol. The minimum absolute atomic E-state index is 0.0680. The molecule has 1 heterocycles. The molecule has 0 aliphatic heterocycles. The first-order valence-electron chi connectivity index (χ1n) is 5.41. The number of aromatic carboxylic acids is 1. The number of aromatic nitrogens is 2. The predicted molar refractivity (Wildman–Crippen MR) is 61.2 cm³/mol. The van der Waals surface area contributed by atoms with Crippen molar-refractivity contribution in [1.29, 1.82) is 0 Å². The van der Waals surface area contributed by atoms with Gasteiger partial charge in [0.1, 0.15) is 17.3 Å². The summed E-state index contributed by atoms with van der Waals surface area (Å²) in [7, 11) is 0. The Hall–Kier alpha value is -2.28. The lowest BCUT2D eigenvalue weighted by Crippen LogP contribution is -2.04. The van der Waals surface area contributed by atoms with Crippen LogP contribution in [0.1, 0.15) is 16.1 Å². The second-order valence-electron chi connectivity index (χ2n) is 3.82. The Kier molecular flexibility index (Phi) is 3.57. The summed E-state index contributed by atoms with van der Waals surface area (Å²) < 4.78 is 27.6. The lowest BCUT2D eigenvalue weighted by molar-refractivity contribution is 0.0688. The molecule has 0 spiro atoms. The Morgan fingerprint density at radius 2 is 2.11 bits per heavy atom. The number of benzene rings is 1. The van der Waals surface area contributed by atoms with Gasteiger partial charge in [-0.1, -0.05) is 0 Å². The molecule has 0 saturated heterocycles. The number of hydrogen-bond acceptors (Lipinski definition) is 3. The van der Waals surface area contributed by atoms with Gasteiger partial charge >= 0.3 is 5.97 Å². The standard InChI is InChI=1S/C12H10F2N2O3/c13-8-1-2-9(14)10(5-8)16-6-7(3-4-17)11(15-16)12(18)19/h1-2,5-6,17H,3-4H2,(H,18,19). The lowest BCUT2D eigenvalue weighted by atomic mass is 10.2. The van der Waals surface area contributed by atoms with E-state index in [0.29, 0.717) is 0 Å². The second-order valence-corrected chi connectivity index (χ2v) is 3.82. The van der Waals surface area contributed by atoms with Crippen molar-refractivity contribution < 1.29 is 23.8 Å². The molecule has 2 N–H and O–H groups in total. The summed E-state index contributed by atoms with van der Waals surface area (Å²) in [5.41, 5.74) is -0.233. The Labute approximate surface area is 106 Å². The molecule has 1 aromatic carbocycles. The number of nitrogens with zero attached hydrogens (tertiary/aromatic N) is 2. The third-order valence-corrected chi connectivity index (χ3v) is 2.53. The third-order valence-electron chi connectivity index (χ3n) is 2.53. The van der Waals surface area contributed by atoms with Crippen LogP contribution in [0.5, 0.6) is 0 Å². The van der Waals surface area contributed by atoms with Gasteiger partial charge in [0.2, 0.25) is 0 Å². The number of halogens is 2. The number of hydrogen-bond donors (Lipinski definition) is 2. The summed E-state index contributed by atoms with van der Waals surface area (Å²) in [6.07, 6.45) is 1.33. The quantitative estimate of drug-likeness (QED) is 0.878. The van der Waals surface area contributed by atoms with Gasteiger partial charge in [-0.05, 0) is 18.6 Å². The molecule has 19 heavy (non-hydrogen) atoms. The summed E-state index contributed by atoms with van der Waals surface area (Å²) in [6, 6.07) is 2.80. The highest BCUT2D eigenvalue weighted by Gasteiger charge is 2.17. The predicted octanol–water partition coefficient (Wildman–Crippen LogP) is 1.38. The largest absolute Gasteiger partial charge is 0.476 e. The van der Waals surface area contributed by atoms with E-state index in [1.165, 1.54) is 6.20 Å². The van der Waals surface area contributed by atoms with Crippen LogP contribution in [0.4, 0.5) is 8.78 Å². The highest BCUT2D eigenvalue weighted by atomic mass is 19.1. The Morgan fingerprint density at radius 1 is 1.37 bits per heavy atom. The molecule has 0 saturated carbocycles. The van der Waals surface area contributed by atoms with Gasteiger partial charge in [-0.15, -0.1) is 0 Å². The van der Waals surface area contributed by atoms with Gasteiger partial charge in [-0.25, -0.2) is 18.3 Å². The summed E-state index contributed by atoms with van der Waals surface area (Å²) in [6.45, 7) is -0.266. The zero-order valence-corrected chi connectivity index (χ0v) is 9.68. The van der Waals surface area contributed by atoms with E-state index in [4.69, 9.17) is 10.2 Å². The lowest BCUT2D eigenvalue weighted by Gasteiger charge is -2.02. The van der Waals surface area contributed by atoms with Crippen molar-refractivity contribution >= 4 is 5.97 Å². The molecule has 1 aromatic heterocycles. The van der Waals surface area contributed by atoms with Crippen LogP contribution in [-0.4, -0.2) is 32.6 Å². The fraction of sp³-hybridized carbons (Fsp3) is 0.167. The molecule has 100 valence electrons. The first-order valence-corrected chi connectivity index (χ1v) is 5.41. The maximum atomic E-state index is 13.6. The maximum absolute atomic E-state index is 13.6. The third kappa shape index (κ3) is 2.60. The second kappa shape index (κ2) is 5.15. The molecule has 2 rings (SSSR count). The van der Waals surface area contributed by atoms with Crippen molar-refractivity contribution in [2.45, 2.75) is 6.42 Å². The van der Waals surface area contributed by atoms with Crippen LogP contribution in [0.15, 0.2) is 24.4 Å². The number of aliphatic hydroxyl groups is 1. The number of carbonyl (C=O) groups is 1. The van der Waals surface area contributed by atoms with Gasteiger partial charge in [0.25, 0.3) is 0 Å². The van der Waals surface area contributed by atoms with E-state index in [9.17, 15) is 13.6 Å². The Bertz CT molecular complexity index is 625. The number of aliphatic hydroxyl groups excluding tert-OH is 1. The van der Waals surface area contributed by atoms with Crippen molar-refractivity contribution in [2.24, 2.45) is 0 Å². The summed E-state index contributed by atoms with van der Waals surface area (Å²) in [4.78, 5) is 11.0. The molecule has 0 fully saturated rings. The molecule has 0 amide bonds. The van der Waals surface area contributed by atoms with Gasteiger partial charge in [-0.3, -0.25) is 0 Å². The van der Waals surface area contributed by atoms with Crippen LogP contribution in [0.3, 0.4) is 0 Å². The Balaban J connectivity index is 2.53. The monoisotopic (exact) mass is 268 g/mol. The Morgan fingerprint density at radius 3 is 2.74 bits per heavy atom. The molecule has 0 aliphatic rings. The van der Waals surface area contributed by atoms with Crippen molar-refractivity contribution in [3.05, 3.63) is 47.3 Å². The number of rotatable bonds is 4. The average molecular weight is 268 g/mol. The summed E-state index contributed by atoms with van der Waals surface area (Å²) in [5.74, 6) is -2.68. The summed E-state index contributed by atoms with van der Waals surface area (Å²) >= 11 is 0. The topological polar surface area (TPSA) is 75.3 Å². The first kappa shape index (κ1) is 13.2. The normalized spacial score (nSPS) is 10.7. The van der Waals surface area contributed by atoms with Gasteiger partial charge in [0.05, 0.1) is 0 Å². The van der Waals surface area contributed by atoms with E-state index in [2.05, 4.69) is 5.10 Å². The smallest absolute Gasteiger partial charge is 0.356 e. The number of carboxylic acids is 1. The molecular formula is C12H10F2N2O3. The molecule has 5 nitrogen and oxygen atoms in total. The van der Waals surface area contributed by atoms with Crippen LogP contribution >= 0.6 is 0 Å². The highest BCUT2D eigenvalue weighted by molar-refractivity contribution is 5.87. The maximum Gasteiger partial charge on any atom is 0.356 e. The van der Waals surface area contributed by atoms with E-state index in [1.54, 1.807) is 0 Å². The minimum atomic E-state index is -1.29. The van der Waals surface area contributed by atoms with E-state index >= 15 is 0 Å². The first-order chi connectivity index (χ1) is 9.02. The van der Waals surface area contributed by atoms with Crippen molar-refractivity contribution in [2.75, 3.05) is 6.61 Å². The molecule has 0 atom stereocenters. The van der Waals surface area contributed by atoms with Crippen LogP contribution in [0.25, 0.3) is 5.69 Å². The average Bonchev–Trinajstić information content (AvgIpc) is 2.77. The van der Waals surface area contributed by atoms with Crippen LogP contribution in [0, 0.1) is 11.6 Å². The van der Waals surface area contributed by atoms with Crippen molar-refractivity contribution in [3.8, 4) is 5.69 Å². The van der Waals surface area contributed by atoms with Gasteiger partial charge in [0.15, 0.2) is 5.69 Å². The fourth-order valence-corrected chi connectivity index (χ4v) is 1.68. The van der Waals surface area contributed by atoms with E-state index in [-0.39, 0.29) is 30.0 Å². The molecule has 0 aliphatic carbocycles. The van der Waals surface area contributed by atoms with E-state index < -0.39 is 17.6 Å². The summed E-state index contributed by atoms with van der Waals surface area (Å²) in [5, 5.41) is 21.5. The molecule has 7 heteroatoms. The fourth-order valence-electron chi connectivity index (χ4n) is 1.68. The van der Waals surface area contributed by atoms with E-state index in [0.717, 1.165) is 22.9 Å². The van der Waals surface area contributed by atoms with Gasteiger partial charge in [0, 0.05) is 24.4 Å². The van der Waals surface area contributed by atoms with E-state index in [1.807, 2.05) is 0 Å². The molecule has 0 bridgehead atoms. The zero-order chi connectivity index (χ0) is 14.0. The van der Waals surface area contributed by atoms with Crippen LogP contribution in [0.2, 0.25) is 0 Å². The van der Waals surface area contributed by atoms with Gasteiger partial charge in [-0.2, -0.15) is 5.10 Å². The molecule has 0 unspecified atom stereocenters. The van der Waals surface area contributed by atoms with Crippen molar-refractivity contribution in [1.82, 2.24) is 9.78 Å². The molecule has 0 radical (unpaired) electrons. The highest BCUT2D eigenvalue weighted by Crippen LogP contribution is 2.17.